The maximum absolute atomic E-state index is 11.3. The second-order valence-corrected chi connectivity index (χ2v) is 5.70. The molecule has 0 aliphatic heterocycles. The van der Waals surface area contributed by atoms with Crippen molar-refractivity contribution >= 4 is 5.97 Å². The molecule has 3 nitrogen and oxygen atoms in total. The number of benzene rings is 3. The number of carboxylic acid groups (broad SMARTS) is 1. The van der Waals surface area contributed by atoms with E-state index in [1.54, 1.807) is 6.07 Å². The van der Waals surface area contributed by atoms with Crippen LogP contribution in [0, 0.1) is 0 Å². The largest absolute Gasteiger partial charge is 0.507 e. The van der Waals surface area contributed by atoms with E-state index in [-0.39, 0.29) is 11.3 Å². The summed E-state index contributed by atoms with van der Waals surface area (Å²) in [5.41, 5.74) is 6.68. The second kappa shape index (κ2) is 4.99. The quantitative estimate of drug-likeness (QED) is 0.579. The molecule has 1 aliphatic rings. The first-order valence-electron chi connectivity index (χ1n) is 7.42. The Morgan fingerprint density at radius 1 is 0.870 bits per heavy atom. The zero-order chi connectivity index (χ0) is 16.0. The normalized spacial score (nSPS) is 11.8. The van der Waals surface area contributed by atoms with Crippen LogP contribution < -0.4 is 0 Å². The van der Waals surface area contributed by atoms with Crippen molar-refractivity contribution in [2.24, 2.45) is 0 Å². The lowest BCUT2D eigenvalue weighted by Crippen LogP contribution is -1.97. The number of aromatic hydroxyl groups is 1. The van der Waals surface area contributed by atoms with Gasteiger partial charge in [0.1, 0.15) is 11.3 Å². The maximum atomic E-state index is 11.3. The third kappa shape index (κ3) is 2.09. The highest BCUT2D eigenvalue weighted by atomic mass is 16.4. The van der Waals surface area contributed by atoms with Gasteiger partial charge in [-0.15, -0.1) is 0 Å². The van der Waals surface area contributed by atoms with Crippen LogP contribution in [0.5, 0.6) is 5.75 Å². The molecule has 4 rings (SSSR count). The first-order valence-corrected chi connectivity index (χ1v) is 7.42. The number of hydrogen-bond donors (Lipinski definition) is 2. The number of hydrogen-bond acceptors (Lipinski definition) is 2. The number of rotatable bonds is 2. The van der Waals surface area contributed by atoms with Gasteiger partial charge in [0.05, 0.1) is 0 Å². The number of phenols is 1. The topological polar surface area (TPSA) is 57.5 Å². The van der Waals surface area contributed by atoms with E-state index in [0.29, 0.717) is 0 Å². The predicted molar refractivity (Wildman–Crippen MR) is 88.7 cm³/mol. The standard InChI is InChI=1S/C20H14O3/c21-19-9-8-13(11-18(19)20(22)23)15-6-3-7-16-14-5-2-1-4-12(14)10-17(15)16/h1-9,11,21H,10H2,(H,22,23). The van der Waals surface area contributed by atoms with Gasteiger partial charge >= 0.3 is 5.97 Å². The number of carboxylic acids is 1. The molecule has 112 valence electrons. The highest BCUT2D eigenvalue weighted by Gasteiger charge is 2.21. The van der Waals surface area contributed by atoms with Crippen LogP contribution >= 0.6 is 0 Å². The van der Waals surface area contributed by atoms with Gasteiger partial charge in [0.15, 0.2) is 0 Å². The van der Waals surface area contributed by atoms with Gasteiger partial charge in [0, 0.05) is 0 Å². The van der Waals surface area contributed by atoms with Crippen molar-refractivity contribution in [1.82, 2.24) is 0 Å². The van der Waals surface area contributed by atoms with Crippen molar-refractivity contribution in [2.45, 2.75) is 6.42 Å². The Morgan fingerprint density at radius 3 is 2.43 bits per heavy atom. The summed E-state index contributed by atoms with van der Waals surface area (Å²) < 4.78 is 0. The van der Waals surface area contributed by atoms with Crippen molar-refractivity contribution in [1.29, 1.82) is 0 Å². The van der Waals surface area contributed by atoms with Crippen LogP contribution in [0.2, 0.25) is 0 Å². The van der Waals surface area contributed by atoms with Gasteiger partial charge in [-0.25, -0.2) is 4.79 Å². The van der Waals surface area contributed by atoms with Gasteiger partial charge in [-0.2, -0.15) is 0 Å². The molecule has 3 aromatic carbocycles. The Bertz CT molecular complexity index is 941. The lowest BCUT2D eigenvalue weighted by atomic mass is 9.94. The highest BCUT2D eigenvalue weighted by Crippen LogP contribution is 2.41. The van der Waals surface area contributed by atoms with Gasteiger partial charge in [-0.05, 0) is 51.9 Å². The molecule has 23 heavy (non-hydrogen) atoms. The summed E-state index contributed by atoms with van der Waals surface area (Å²) in [6, 6.07) is 19.1. The lowest BCUT2D eigenvalue weighted by molar-refractivity contribution is 0.0694. The minimum Gasteiger partial charge on any atom is -0.507 e. The van der Waals surface area contributed by atoms with E-state index in [4.69, 9.17) is 0 Å². The first-order chi connectivity index (χ1) is 11.1. The van der Waals surface area contributed by atoms with E-state index >= 15 is 0 Å². The fourth-order valence-corrected chi connectivity index (χ4v) is 3.30. The minimum absolute atomic E-state index is 0.0735. The Kier molecular flexibility index (Phi) is 2.95. The fraction of sp³-hybridized carbons (Fsp3) is 0.0500. The smallest absolute Gasteiger partial charge is 0.339 e. The molecule has 0 spiro atoms. The molecule has 0 amide bonds. The summed E-state index contributed by atoms with van der Waals surface area (Å²) in [5, 5.41) is 18.9. The van der Waals surface area contributed by atoms with Gasteiger partial charge in [0.25, 0.3) is 0 Å². The fourth-order valence-electron chi connectivity index (χ4n) is 3.30. The van der Waals surface area contributed by atoms with Crippen molar-refractivity contribution in [3.8, 4) is 28.0 Å². The molecule has 0 radical (unpaired) electrons. The molecule has 0 heterocycles. The molecule has 0 fully saturated rings. The number of fused-ring (bicyclic) bond motifs is 3. The predicted octanol–water partition coefficient (Wildman–Crippen LogP) is 4.33. The Hall–Kier alpha value is -3.07. The van der Waals surface area contributed by atoms with Crippen molar-refractivity contribution < 1.29 is 15.0 Å². The Balaban J connectivity index is 1.90. The Morgan fingerprint density at radius 2 is 1.61 bits per heavy atom. The van der Waals surface area contributed by atoms with Gasteiger partial charge in [-0.1, -0.05) is 48.5 Å². The number of carbonyl (C=O) groups is 1. The van der Waals surface area contributed by atoms with E-state index in [0.717, 1.165) is 17.5 Å². The number of aromatic carboxylic acids is 1. The van der Waals surface area contributed by atoms with Crippen LogP contribution in [-0.4, -0.2) is 16.2 Å². The molecule has 3 heteroatoms. The van der Waals surface area contributed by atoms with Crippen LogP contribution in [0.1, 0.15) is 21.5 Å². The SMILES string of the molecule is O=C(O)c1cc(-c2cccc3c2Cc2ccccc2-3)ccc1O. The van der Waals surface area contributed by atoms with Crippen molar-refractivity contribution in [2.75, 3.05) is 0 Å². The van der Waals surface area contributed by atoms with Crippen LogP contribution in [0.15, 0.2) is 60.7 Å². The van der Waals surface area contributed by atoms with E-state index in [1.165, 1.54) is 34.4 Å². The molecule has 0 aromatic heterocycles. The second-order valence-electron chi connectivity index (χ2n) is 5.70. The van der Waals surface area contributed by atoms with Crippen molar-refractivity contribution in [3.05, 3.63) is 77.4 Å². The summed E-state index contributed by atoms with van der Waals surface area (Å²) in [7, 11) is 0. The zero-order valence-corrected chi connectivity index (χ0v) is 12.3. The van der Waals surface area contributed by atoms with E-state index in [2.05, 4.69) is 18.2 Å². The van der Waals surface area contributed by atoms with Crippen LogP contribution in [0.3, 0.4) is 0 Å². The van der Waals surface area contributed by atoms with E-state index in [9.17, 15) is 15.0 Å². The summed E-state index contributed by atoms with van der Waals surface area (Å²) >= 11 is 0. The summed E-state index contributed by atoms with van der Waals surface area (Å²) in [6.45, 7) is 0. The molecular formula is C20H14O3. The van der Waals surface area contributed by atoms with Crippen LogP contribution in [-0.2, 0) is 6.42 Å². The molecule has 0 bridgehead atoms. The molecule has 2 N–H and O–H groups in total. The van der Waals surface area contributed by atoms with Crippen LogP contribution in [0.4, 0.5) is 0 Å². The van der Waals surface area contributed by atoms with Gasteiger partial charge < -0.3 is 10.2 Å². The van der Waals surface area contributed by atoms with Crippen LogP contribution in [0.25, 0.3) is 22.3 Å². The molecular weight excluding hydrogens is 288 g/mol. The molecule has 0 saturated heterocycles. The molecule has 0 atom stereocenters. The summed E-state index contributed by atoms with van der Waals surface area (Å²) in [4.78, 5) is 11.3. The highest BCUT2D eigenvalue weighted by molar-refractivity contribution is 5.93. The Labute approximate surface area is 133 Å². The third-order valence-corrected chi connectivity index (χ3v) is 4.39. The van der Waals surface area contributed by atoms with E-state index in [1.807, 2.05) is 24.3 Å². The third-order valence-electron chi connectivity index (χ3n) is 4.39. The lowest BCUT2D eigenvalue weighted by Gasteiger charge is -2.10. The van der Waals surface area contributed by atoms with Crippen molar-refractivity contribution in [3.63, 3.8) is 0 Å². The summed E-state index contributed by atoms with van der Waals surface area (Å²) in [5.74, 6) is -1.34. The summed E-state index contributed by atoms with van der Waals surface area (Å²) in [6.07, 6.45) is 0.838. The van der Waals surface area contributed by atoms with Gasteiger partial charge in [-0.3, -0.25) is 0 Å². The molecule has 0 unspecified atom stereocenters. The van der Waals surface area contributed by atoms with Gasteiger partial charge in [0.2, 0.25) is 0 Å². The average Bonchev–Trinajstić information content (AvgIpc) is 2.94. The molecule has 3 aromatic rings. The molecule has 0 saturated carbocycles. The monoisotopic (exact) mass is 302 g/mol. The maximum Gasteiger partial charge on any atom is 0.339 e. The average molecular weight is 302 g/mol. The first kappa shape index (κ1) is 13.6. The minimum atomic E-state index is -1.12. The molecule has 1 aliphatic carbocycles. The zero-order valence-electron chi connectivity index (χ0n) is 12.3. The van der Waals surface area contributed by atoms with E-state index < -0.39 is 5.97 Å².